The lowest BCUT2D eigenvalue weighted by molar-refractivity contribution is -0.129. The summed E-state index contributed by atoms with van der Waals surface area (Å²) in [5.74, 6) is -0.793. The molecule has 0 unspecified atom stereocenters. The van der Waals surface area contributed by atoms with Crippen molar-refractivity contribution >= 4 is 33.4 Å². The fraction of sp³-hybridized carbons (Fsp3) is 0.222. The van der Waals surface area contributed by atoms with E-state index in [4.69, 9.17) is 0 Å². The Kier molecular flexibility index (Phi) is 6.09. The van der Waals surface area contributed by atoms with Crippen molar-refractivity contribution in [3.8, 4) is 0 Å². The Balaban J connectivity index is 2.23. The molecule has 1 N–H and O–H groups in total. The summed E-state index contributed by atoms with van der Waals surface area (Å²) in [5, 5.41) is 2.83. The van der Waals surface area contributed by atoms with Crippen LogP contribution in [0.2, 0.25) is 0 Å². The Labute approximate surface area is 148 Å². The summed E-state index contributed by atoms with van der Waals surface area (Å²) < 4.78 is 13.5. The molecule has 4 nitrogen and oxygen atoms in total. The first-order chi connectivity index (χ1) is 11.4. The van der Waals surface area contributed by atoms with E-state index in [0.717, 1.165) is 5.56 Å². The van der Waals surface area contributed by atoms with Gasteiger partial charge < -0.3 is 10.2 Å². The minimum Gasteiger partial charge on any atom is -0.339 e. The molecule has 0 saturated heterocycles. The third-order valence-corrected chi connectivity index (χ3v) is 4.29. The average molecular weight is 393 g/mol. The second kappa shape index (κ2) is 8.06. The Hall–Kier alpha value is -2.21. The maximum atomic E-state index is 13.2. The molecule has 0 atom stereocenters. The normalized spacial score (nSPS) is 10.3. The van der Waals surface area contributed by atoms with Crippen LogP contribution >= 0.6 is 15.9 Å². The number of rotatable bonds is 5. The monoisotopic (exact) mass is 392 g/mol. The molecule has 2 aromatic carbocycles. The number of nitrogens with zero attached hydrogens (tertiary/aromatic N) is 1. The van der Waals surface area contributed by atoms with Gasteiger partial charge in [0.15, 0.2) is 0 Å². The van der Waals surface area contributed by atoms with Crippen LogP contribution in [0, 0.1) is 5.82 Å². The molecule has 2 amide bonds. The van der Waals surface area contributed by atoms with E-state index in [1.54, 1.807) is 11.0 Å². The van der Waals surface area contributed by atoms with E-state index < -0.39 is 5.82 Å². The van der Waals surface area contributed by atoms with Crippen molar-refractivity contribution in [2.75, 3.05) is 11.9 Å². The van der Waals surface area contributed by atoms with Crippen molar-refractivity contribution in [3.63, 3.8) is 0 Å². The first kappa shape index (κ1) is 18.1. The maximum absolute atomic E-state index is 13.2. The van der Waals surface area contributed by atoms with Crippen LogP contribution in [-0.2, 0) is 11.3 Å². The number of benzene rings is 2. The van der Waals surface area contributed by atoms with Crippen LogP contribution < -0.4 is 5.32 Å². The topological polar surface area (TPSA) is 49.4 Å². The van der Waals surface area contributed by atoms with Crippen molar-refractivity contribution in [2.24, 2.45) is 0 Å². The van der Waals surface area contributed by atoms with Gasteiger partial charge in [-0.05, 0) is 52.7 Å². The lowest BCUT2D eigenvalue weighted by atomic mass is 10.1. The first-order valence-corrected chi connectivity index (χ1v) is 8.31. The van der Waals surface area contributed by atoms with Crippen LogP contribution in [-0.4, -0.2) is 23.3 Å². The Bertz CT molecular complexity index is 764. The van der Waals surface area contributed by atoms with Gasteiger partial charge in [-0.3, -0.25) is 9.59 Å². The maximum Gasteiger partial charge on any atom is 0.256 e. The van der Waals surface area contributed by atoms with Crippen molar-refractivity contribution < 1.29 is 14.0 Å². The van der Waals surface area contributed by atoms with Crippen LogP contribution in [0.5, 0.6) is 0 Å². The number of amides is 2. The highest BCUT2D eigenvalue weighted by Gasteiger charge is 2.14. The number of halogens is 2. The summed E-state index contributed by atoms with van der Waals surface area (Å²) in [7, 11) is 0. The zero-order chi connectivity index (χ0) is 17.7. The summed E-state index contributed by atoms with van der Waals surface area (Å²) in [6.07, 6.45) is 0. The van der Waals surface area contributed by atoms with Crippen LogP contribution in [0.4, 0.5) is 10.1 Å². The molecule has 0 radical (unpaired) electrons. The molecular formula is C18H18BrFN2O2. The molecule has 0 heterocycles. The van der Waals surface area contributed by atoms with Gasteiger partial charge in [-0.25, -0.2) is 4.39 Å². The van der Waals surface area contributed by atoms with Gasteiger partial charge in [-0.1, -0.05) is 18.2 Å². The zero-order valence-corrected chi connectivity index (χ0v) is 15.1. The zero-order valence-electron chi connectivity index (χ0n) is 13.5. The molecular weight excluding hydrogens is 375 g/mol. The van der Waals surface area contributed by atoms with Crippen LogP contribution in [0.1, 0.15) is 29.8 Å². The second-order valence-electron chi connectivity index (χ2n) is 5.27. The Morgan fingerprint density at radius 1 is 1.21 bits per heavy atom. The minimum atomic E-state index is -0.418. The molecule has 24 heavy (non-hydrogen) atoms. The van der Waals surface area contributed by atoms with Crippen molar-refractivity contribution in [2.45, 2.75) is 20.4 Å². The number of hydrogen-bond donors (Lipinski definition) is 1. The van der Waals surface area contributed by atoms with E-state index in [0.29, 0.717) is 28.8 Å². The van der Waals surface area contributed by atoms with Gasteiger partial charge in [0.25, 0.3) is 5.91 Å². The van der Waals surface area contributed by atoms with E-state index in [1.807, 2.05) is 25.1 Å². The molecule has 2 rings (SSSR count). The summed E-state index contributed by atoms with van der Waals surface area (Å²) in [4.78, 5) is 25.7. The Morgan fingerprint density at radius 2 is 1.92 bits per heavy atom. The van der Waals surface area contributed by atoms with E-state index in [1.165, 1.54) is 25.1 Å². The number of carbonyl (C=O) groups excluding carboxylic acids is 2. The van der Waals surface area contributed by atoms with Gasteiger partial charge in [0.1, 0.15) is 5.82 Å². The van der Waals surface area contributed by atoms with Gasteiger partial charge in [0, 0.05) is 30.2 Å². The van der Waals surface area contributed by atoms with Crippen molar-refractivity contribution in [3.05, 3.63) is 63.9 Å². The van der Waals surface area contributed by atoms with Crippen LogP contribution in [0.3, 0.4) is 0 Å². The molecule has 0 saturated carbocycles. The van der Waals surface area contributed by atoms with Gasteiger partial charge >= 0.3 is 0 Å². The fourth-order valence-corrected chi connectivity index (χ4v) is 2.83. The van der Waals surface area contributed by atoms with E-state index in [2.05, 4.69) is 21.2 Å². The molecule has 0 aliphatic rings. The molecule has 6 heteroatoms. The Morgan fingerprint density at radius 3 is 2.54 bits per heavy atom. The summed E-state index contributed by atoms with van der Waals surface area (Å²) in [5.41, 5.74) is 1.80. The third-order valence-electron chi connectivity index (χ3n) is 3.63. The van der Waals surface area contributed by atoms with Gasteiger partial charge in [0.05, 0.1) is 5.56 Å². The lowest BCUT2D eigenvalue weighted by Gasteiger charge is -2.21. The third kappa shape index (κ3) is 4.41. The fourth-order valence-electron chi connectivity index (χ4n) is 2.29. The predicted octanol–water partition coefficient (Wildman–Crippen LogP) is 4.21. The number of anilines is 1. The quantitative estimate of drug-likeness (QED) is 0.828. The standard InChI is InChI=1S/C18H18BrFN2O2/c1-3-22(12(2)23)11-13-6-4-5-7-17(13)21-18(24)15-9-8-14(20)10-16(15)19/h4-10H,3,11H2,1-2H3,(H,21,24). The number of hydrogen-bond acceptors (Lipinski definition) is 2. The minimum absolute atomic E-state index is 0.0279. The molecule has 0 spiro atoms. The van der Waals surface area contributed by atoms with E-state index in [-0.39, 0.29) is 11.8 Å². The summed E-state index contributed by atoms with van der Waals surface area (Å²) in [6.45, 7) is 4.41. The number of carbonyl (C=O) groups is 2. The van der Waals surface area contributed by atoms with E-state index >= 15 is 0 Å². The second-order valence-corrected chi connectivity index (χ2v) is 6.12. The summed E-state index contributed by atoms with van der Waals surface area (Å²) in [6, 6.07) is 11.2. The van der Waals surface area contributed by atoms with E-state index in [9.17, 15) is 14.0 Å². The molecule has 0 fully saturated rings. The molecule has 0 aliphatic carbocycles. The smallest absolute Gasteiger partial charge is 0.256 e. The highest BCUT2D eigenvalue weighted by atomic mass is 79.9. The van der Waals surface area contributed by atoms with Crippen LogP contribution in [0.15, 0.2) is 46.9 Å². The molecule has 0 aromatic heterocycles. The van der Waals surface area contributed by atoms with Gasteiger partial charge in [-0.15, -0.1) is 0 Å². The number of nitrogens with one attached hydrogen (secondary N) is 1. The highest BCUT2D eigenvalue weighted by Crippen LogP contribution is 2.22. The lowest BCUT2D eigenvalue weighted by Crippen LogP contribution is -2.28. The number of para-hydroxylation sites is 1. The molecule has 126 valence electrons. The van der Waals surface area contributed by atoms with Crippen molar-refractivity contribution in [1.29, 1.82) is 0 Å². The van der Waals surface area contributed by atoms with Crippen LogP contribution in [0.25, 0.3) is 0 Å². The molecule has 0 aliphatic heterocycles. The molecule has 0 bridgehead atoms. The van der Waals surface area contributed by atoms with Gasteiger partial charge in [0.2, 0.25) is 5.91 Å². The SMILES string of the molecule is CCN(Cc1ccccc1NC(=O)c1ccc(F)cc1Br)C(C)=O. The largest absolute Gasteiger partial charge is 0.339 e. The van der Waals surface area contributed by atoms with Crippen molar-refractivity contribution in [1.82, 2.24) is 4.90 Å². The average Bonchev–Trinajstić information content (AvgIpc) is 2.53. The molecule has 2 aromatic rings. The highest BCUT2D eigenvalue weighted by molar-refractivity contribution is 9.10. The first-order valence-electron chi connectivity index (χ1n) is 7.52. The van der Waals surface area contributed by atoms with Gasteiger partial charge in [-0.2, -0.15) is 0 Å². The predicted molar refractivity (Wildman–Crippen MR) is 95.3 cm³/mol. The summed E-state index contributed by atoms with van der Waals surface area (Å²) >= 11 is 3.20.